The van der Waals surface area contributed by atoms with Gasteiger partial charge in [-0.25, -0.2) is 4.79 Å². The van der Waals surface area contributed by atoms with Crippen LogP contribution in [0.5, 0.6) is 0 Å². The Morgan fingerprint density at radius 3 is 2.85 bits per heavy atom. The number of esters is 1. The van der Waals surface area contributed by atoms with Crippen molar-refractivity contribution in [2.24, 2.45) is 0 Å². The van der Waals surface area contributed by atoms with E-state index in [1.54, 1.807) is 31.2 Å². The van der Waals surface area contributed by atoms with Gasteiger partial charge in [0.25, 0.3) is 0 Å². The van der Waals surface area contributed by atoms with Crippen molar-refractivity contribution in [3.8, 4) is 0 Å². The monoisotopic (exact) mass is 275 g/mol. The molecule has 1 aromatic carbocycles. The number of nitrogens with one attached hydrogen (secondary N) is 1. The van der Waals surface area contributed by atoms with E-state index >= 15 is 0 Å². The molecule has 104 valence electrons. The normalized spacial score (nSPS) is 10.2. The van der Waals surface area contributed by atoms with E-state index in [1.165, 1.54) is 0 Å². The number of hydrogen-bond acceptors (Lipinski definition) is 6. The molecule has 6 nitrogen and oxygen atoms in total. The molecule has 0 aliphatic carbocycles. The number of aldehydes is 1. The second-order valence-electron chi connectivity index (χ2n) is 3.95. The van der Waals surface area contributed by atoms with Crippen LogP contribution in [-0.4, -0.2) is 25.4 Å². The average Bonchev–Trinajstić information content (AvgIpc) is 2.44. The Bertz CT molecular complexity index is 704. The molecule has 0 aliphatic rings. The Hall–Kier alpha value is -2.63. The van der Waals surface area contributed by atoms with Gasteiger partial charge in [-0.05, 0) is 19.1 Å². The lowest BCUT2D eigenvalue weighted by Gasteiger charge is -2.10. The third-order valence-electron chi connectivity index (χ3n) is 2.68. The second-order valence-corrected chi connectivity index (χ2v) is 3.95. The topological polar surface area (TPSA) is 85.6 Å². The number of carbonyl (C=O) groups excluding carboxylic acids is 2. The number of carbonyl (C=O) groups is 2. The van der Waals surface area contributed by atoms with E-state index in [4.69, 9.17) is 9.15 Å². The summed E-state index contributed by atoms with van der Waals surface area (Å²) in [5.41, 5.74) is -0.271. The molecule has 20 heavy (non-hydrogen) atoms. The highest BCUT2D eigenvalue weighted by atomic mass is 16.5. The Labute approximate surface area is 114 Å². The van der Waals surface area contributed by atoms with Crippen molar-refractivity contribution in [2.45, 2.75) is 6.92 Å². The molecule has 1 N–H and O–H groups in total. The molecule has 0 saturated heterocycles. The predicted octanol–water partition coefficient (Wildman–Crippen LogP) is 1.58. The molecule has 1 heterocycles. The fourth-order valence-electron chi connectivity index (χ4n) is 1.83. The van der Waals surface area contributed by atoms with Crippen LogP contribution in [0.1, 0.15) is 17.3 Å². The van der Waals surface area contributed by atoms with E-state index in [1.807, 2.05) is 0 Å². The number of rotatable bonds is 5. The molecule has 0 atom stereocenters. The highest BCUT2D eigenvalue weighted by molar-refractivity contribution is 5.99. The van der Waals surface area contributed by atoms with Gasteiger partial charge in [0.05, 0.1) is 12.3 Å². The maximum Gasteiger partial charge on any atom is 0.349 e. The first-order valence-corrected chi connectivity index (χ1v) is 6.08. The van der Waals surface area contributed by atoms with Crippen LogP contribution in [-0.2, 0) is 9.53 Å². The third kappa shape index (κ3) is 2.69. The van der Waals surface area contributed by atoms with Gasteiger partial charge in [-0.2, -0.15) is 0 Å². The van der Waals surface area contributed by atoms with Crippen LogP contribution in [0.3, 0.4) is 0 Å². The van der Waals surface area contributed by atoms with Crippen LogP contribution < -0.4 is 10.9 Å². The number of benzene rings is 1. The molecule has 2 rings (SSSR count). The summed E-state index contributed by atoms with van der Waals surface area (Å²) in [4.78, 5) is 34.1. The molecule has 0 unspecified atom stereocenters. The van der Waals surface area contributed by atoms with Gasteiger partial charge in [0.2, 0.25) is 0 Å². The minimum atomic E-state index is -0.745. The summed E-state index contributed by atoms with van der Waals surface area (Å²) < 4.78 is 9.82. The van der Waals surface area contributed by atoms with Gasteiger partial charge >= 0.3 is 11.6 Å². The van der Waals surface area contributed by atoms with Gasteiger partial charge < -0.3 is 14.5 Å². The summed E-state index contributed by atoms with van der Waals surface area (Å²) in [5, 5.41) is 3.32. The van der Waals surface area contributed by atoms with Gasteiger partial charge in [0.15, 0.2) is 6.29 Å². The first-order chi connectivity index (χ1) is 9.67. The molecule has 0 radical (unpaired) electrons. The van der Waals surface area contributed by atoms with Crippen molar-refractivity contribution in [3.63, 3.8) is 0 Å². The zero-order valence-corrected chi connectivity index (χ0v) is 10.8. The molecule has 0 fully saturated rings. The number of anilines is 1. The molecule has 6 heteroatoms. The molecule has 0 saturated carbocycles. The minimum Gasteiger partial charge on any atom is -0.465 e. The molecule has 1 aromatic heterocycles. The summed E-state index contributed by atoms with van der Waals surface area (Å²) in [7, 11) is 0. The van der Waals surface area contributed by atoms with Crippen molar-refractivity contribution in [3.05, 3.63) is 40.2 Å². The lowest BCUT2D eigenvalue weighted by Crippen LogP contribution is -2.20. The standard InChI is InChI=1S/C14H13NO5/c1-2-19-12(17)7-15-13-9-5-3-4-6-11(9)20-14(18)10(13)8-16/h3-6,8,15H,2,7H2,1H3. The summed E-state index contributed by atoms with van der Waals surface area (Å²) >= 11 is 0. The molecule has 0 spiro atoms. The number of hydrogen-bond donors (Lipinski definition) is 1. The zero-order valence-electron chi connectivity index (χ0n) is 10.8. The first-order valence-electron chi connectivity index (χ1n) is 6.08. The average molecular weight is 275 g/mol. The van der Waals surface area contributed by atoms with E-state index in [2.05, 4.69) is 5.32 Å². The molecular formula is C14H13NO5. The Balaban J connectivity index is 2.46. The Morgan fingerprint density at radius 1 is 1.40 bits per heavy atom. The molecule has 2 aromatic rings. The van der Waals surface area contributed by atoms with Gasteiger partial charge in [-0.15, -0.1) is 0 Å². The molecular weight excluding hydrogens is 262 g/mol. The second kappa shape index (κ2) is 6.01. The lowest BCUT2D eigenvalue weighted by molar-refractivity contribution is -0.140. The van der Waals surface area contributed by atoms with Crippen molar-refractivity contribution >= 4 is 28.9 Å². The summed E-state index contributed by atoms with van der Waals surface area (Å²) in [6, 6.07) is 6.76. The van der Waals surface area contributed by atoms with Crippen LogP contribution >= 0.6 is 0 Å². The largest absolute Gasteiger partial charge is 0.465 e. The highest BCUT2D eigenvalue weighted by Crippen LogP contribution is 2.23. The van der Waals surface area contributed by atoms with Gasteiger partial charge in [-0.3, -0.25) is 9.59 Å². The van der Waals surface area contributed by atoms with Gasteiger partial charge in [0.1, 0.15) is 17.7 Å². The molecule has 0 bridgehead atoms. The molecule has 0 amide bonds. The van der Waals surface area contributed by atoms with Gasteiger partial charge in [0, 0.05) is 5.39 Å². The Kier molecular flexibility index (Phi) is 4.14. The fourth-order valence-corrected chi connectivity index (χ4v) is 1.83. The van der Waals surface area contributed by atoms with E-state index < -0.39 is 11.6 Å². The first kappa shape index (κ1) is 13.8. The number of fused-ring (bicyclic) bond motifs is 1. The summed E-state index contributed by atoms with van der Waals surface area (Å²) in [6.07, 6.45) is 0.408. The smallest absolute Gasteiger partial charge is 0.349 e. The predicted molar refractivity (Wildman–Crippen MR) is 73.0 cm³/mol. The van der Waals surface area contributed by atoms with Crippen molar-refractivity contribution < 1.29 is 18.7 Å². The lowest BCUT2D eigenvalue weighted by atomic mass is 10.1. The van der Waals surface area contributed by atoms with Crippen LogP contribution in [0.15, 0.2) is 33.5 Å². The van der Waals surface area contributed by atoms with E-state index in [0.29, 0.717) is 17.3 Å². The van der Waals surface area contributed by atoms with Crippen LogP contribution in [0, 0.1) is 0 Å². The van der Waals surface area contributed by atoms with Crippen molar-refractivity contribution in [1.82, 2.24) is 0 Å². The van der Waals surface area contributed by atoms with Crippen LogP contribution in [0.25, 0.3) is 11.0 Å². The number of ether oxygens (including phenoxy) is 1. The van der Waals surface area contributed by atoms with Crippen molar-refractivity contribution in [1.29, 1.82) is 0 Å². The third-order valence-corrected chi connectivity index (χ3v) is 2.68. The molecule has 0 aliphatic heterocycles. The summed E-state index contributed by atoms with van der Waals surface area (Å²) in [5.74, 6) is -0.471. The zero-order chi connectivity index (χ0) is 14.5. The van der Waals surface area contributed by atoms with E-state index in [0.717, 1.165) is 0 Å². The summed E-state index contributed by atoms with van der Waals surface area (Å²) in [6.45, 7) is 1.82. The van der Waals surface area contributed by atoms with Crippen LogP contribution in [0.4, 0.5) is 5.69 Å². The highest BCUT2D eigenvalue weighted by Gasteiger charge is 2.14. The van der Waals surface area contributed by atoms with E-state index in [-0.39, 0.29) is 24.4 Å². The Morgan fingerprint density at radius 2 is 2.15 bits per heavy atom. The SMILES string of the molecule is CCOC(=O)CNc1c(C=O)c(=O)oc2ccccc12. The quantitative estimate of drug-likeness (QED) is 0.506. The fraction of sp³-hybridized carbons (Fsp3) is 0.214. The maximum absolute atomic E-state index is 11.7. The van der Waals surface area contributed by atoms with Crippen molar-refractivity contribution in [2.75, 3.05) is 18.5 Å². The number of para-hydroxylation sites is 1. The minimum absolute atomic E-state index is 0.137. The van der Waals surface area contributed by atoms with Crippen LogP contribution in [0.2, 0.25) is 0 Å². The maximum atomic E-state index is 11.7. The van der Waals surface area contributed by atoms with Gasteiger partial charge in [-0.1, -0.05) is 12.1 Å². The van der Waals surface area contributed by atoms with E-state index in [9.17, 15) is 14.4 Å².